The van der Waals surface area contributed by atoms with Crippen LogP contribution in [-0.2, 0) is 126 Å². The summed E-state index contributed by atoms with van der Waals surface area (Å²) in [5, 5.41) is 17.7. The number of halogens is 54. The Labute approximate surface area is 769 Å². The Kier molecular flexibility index (Phi) is 42.6. The molecule has 786 valence electrons. The normalized spacial score (nSPS) is 12.4. The molecule has 1 N–H and O–H groups in total. The first kappa shape index (κ1) is 128. The number of nitrogens with one attached hydrogen (secondary N) is 1. The quantitative estimate of drug-likeness (QED) is 0.0561. The van der Waals surface area contributed by atoms with Gasteiger partial charge in [-0.25, -0.2) is 105 Å². The summed E-state index contributed by atoms with van der Waals surface area (Å²) in [4.78, 5) is 1.68. The molecule has 0 saturated heterocycles. The summed E-state index contributed by atoms with van der Waals surface area (Å²) in [6.07, 6.45) is -37.2. The second-order valence-electron chi connectivity index (χ2n) is 24.2. The van der Waals surface area contributed by atoms with Gasteiger partial charge in [0, 0.05) is 45.5 Å². The SMILES string of the molecule is CCOCC.CC[NH+](CC)CC.Fc1c(F)c(F)c2c(C(F)(F)C(F)(F)F)[n-]nc2c1F.Fc1c(F)c(F)c2c(C(F)(F)C(F)(F)F)[n-]nc2c1F.Fc1c(F)c(F)c2c(C(F)(F)C(F)(F)F)[n-]nc2c1F.Fc1c(F)c(F)c2c(C(F)(F)C(F)(F)F)n[n-]c2c1F.Fc1c(F)c(F)c2c(C(F)(F)C(F)(F)F)n[n-]c2c1F.Fc1c(F)c(F)c2c(C(F)(F)C(F)(F)F)n[n-]c2c1F.[Cu+].[Cu+].[Cu+].[Cu+].[Cu+]. The fraction of sp³-hybridized carbons (Fsp3) is 0.344. The van der Waals surface area contributed by atoms with Gasteiger partial charge in [0.2, 0.25) is 0 Å². The average molecular weight is 2340 g/mol. The van der Waals surface area contributed by atoms with Crippen molar-refractivity contribution in [2.45, 2.75) is 107 Å². The summed E-state index contributed by atoms with van der Waals surface area (Å²) in [5.41, 5.74) is -23.4. The summed E-state index contributed by atoms with van der Waals surface area (Å²) in [6.45, 7) is 16.2. The van der Waals surface area contributed by atoms with Crippen LogP contribution in [0.1, 0.15) is 68.8 Å². The zero-order valence-electron chi connectivity index (χ0n) is 63.7. The second-order valence-corrected chi connectivity index (χ2v) is 24.2. The second kappa shape index (κ2) is 45.6. The monoisotopic (exact) mass is 2330 g/mol. The Morgan fingerprint density at radius 2 is 0.350 bits per heavy atom. The van der Waals surface area contributed by atoms with Crippen molar-refractivity contribution in [1.82, 2.24) is 61.2 Å². The van der Waals surface area contributed by atoms with Crippen LogP contribution in [0, 0.1) is 140 Å². The molecule has 0 aliphatic carbocycles. The van der Waals surface area contributed by atoms with Gasteiger partial charge < -0.3 is 70.8 Å². The molecular formula is C64H26Cu5F54N13O. The molecule has 0 aliphatic heterocycles. The van der Waals surface area contributed by atoms with Crippen LogP contribution in [0.2, 0.25) is 0 Å². The Morgan fingerprint density at radius 1 is 0.197 bits per heavy atom. The molecule has 12 rings (SSSR count). The van der Waals surface area contributed by atoms with Crippen LogP contribution in [-0.4, -0.2) is 100 Å². The van der Waals surface area contributed by atoms with Gasteiger partial charge in [0.25, 0.3) is 0 Å². The Balaban J connectivity index is 0.00000157. The van der Waals surface area contributed by atoms with Gasteiger partial charge in [-0.05, 0) is 34.6 Å². The smallest absolute Gasteiger partial charge is 0.573 e. The third-order valence-corrected chi connectivity index (χ3v) is 16.2. The number of fused-ring (bicyclic) bond motifs is 6. The Bertz CT molecular complexity index is 5260. The van der Waals surface area contributed by atoms with Crippen molar-refractivity contribution < 1.29 is 332 Å². The largest absolute Gasteiger partial charge is 1.00 e. The number of hydrogen-bond acceptors (Lipinski definition) is 7. The van der Waals surface area contributed by atoms with E-state index >= 15 is 0 Å². The molecule has 0 amide bonds. The van der Waals surface area contributed by atoms with Gasteiger partial charge in [0.05, 0.1) is 36.2 Å². The maximum absolute atomic E-state index is 13.3. The van der Waals surface area contributed by atoms with E-state index in [2.05, 4.69) is 82.0 Å². The number of nitrogens with zero attached hydrogens (tertiary/aromatic N) is 12. The van der Waals surface area contributed by atoms with Gasteiger partial charge >= 0.3 is 158 Å². The number of hydrogen-bond donors (Lipinski definition) is 1. The van der Waals surface area contributed by atoms with Gasteiger partial charge in [-0.2, -0.15) is 132 Å². The van der Waals surface area contributed by atoms with Gasteiger partial charge in [-0.3, -0.25) is 0 Å². The molecule has 137 heavy (non-hydrogen) atoms. The van der Waals surface area contributed by atoms with Gasteiger partial charge in [0.15, 0.2) is 122 Å². The zero-order valence-corrected chi connectivity index (χ0v) is 68.4. The van der Waals surface area contributed by atoms with Gasteiger partial charge in [-0.1, -0.05) is 33.6 Å². The number of quaternary nitrogens is 1. The van der Waals surface area contributed by atoms with Crippen LogP contribution < -0.4 is 35.5 Å². The molecule has 0 radical (unpaired) electrons. The molecule has 0 atom stereocenters. The molecule has 0 unspecified atom stereocenters. The molecule has 0 spiro atoms. The number of benzene rings is 6. The first-order chi connectivity index (χ1) is 59.7. The predicted octanol–water partition coefficient (Wildman–Crippen LogP) is 21.4. The Morgan fingerprint density at radius 3 is 0.489 bits per heavy atom. The molecule has 0 saturated carbocycles. The van der Waals surface area contributed by atoms with E-state index in [1.165, 1.54) is 19.6 Å². The molecular weight excluding hydrogens is 2310 g/mol. The first-order valence-electron chi connectivity index (χ1n) is 32.8. The van der Waals surface area contributed by atoms with E-state index in [-0.39, 0.29) is 85.3 Å². The number of aromatic nitrogens is 12. The minimum atomic E-state index is -6.20. The van der Waals surface area contributed by atoms with E-state index in [1.54, 1.807) is 4.90 Å². The fourth-order valence-corrected chi connectivity index (χ4v) is 9.56. The van der Waals surface area contributed by atoms with Crippen molar-refractivity contribution >= 4 is 65.4 Å². The van der Waals surface area contributed by atoms with E-state index in [1.807, 2.05) is 13.8 Å². The first-order valence-corrected chi connectivity index (χ1v) is 32.8. The fourth-order valence-electron chi connectivity index (χ4n) is 9.56. The summed E-state index contributed by atoms with van der Waals surface area (Å²) in [5.74, 6) is -91.7. The molecule has 0 aliphatic rings. The molecule has 14 nitrogen and oxygen atoms in total. The Hall–Kier alpha value is -9.12. The summed E-state index contributed by atoms with van der Waals surface area (Å²) < 4.78 is 692. The molecule has 6 heterocycles. The third kappa shape index (κ3) is 24.0. The maximum atomic E-state index is 13.3. The zero-order chi connectivity index (χ0) is 103. The summed E-state index contributed by atoms with van der Waals surface area (Å²) in [6, 6.07) is 0. The van der Waals surface area contributed by atoms with Crippen molar-refractivity contribution in [3.05, 3.63) is 174 Å². The van der Waals surface area contributed by atoms with Crippen molar-refractivity contribution in [1.29, 1.82) is 0 Å². The molecule has 12 aromatic rings. The molecule has 0 fully saturated rings. The van der Waals surface area contributed by atoms with Crippen molar-refractivity contribution in [2.75, 3.05) is 32.8 Å². The number of rotatable bonds is 11. The van der Waals surface area contributed by atoms with E-state index < -0.39 is 312 Å². The number of ether oxygens (including phenoxy) is 1. The molecule has 6 aromatic carbocycles. The van der Waals surface area contributed by atoms with E-state index in [9.17, 15) is 237 Å². The molecule has 0 bridgehead atoms. The van der Waals surface area contributed by atoms with Crippen molar-refractivity contribution in [2.24, 2.45) is 0 Å². The van der Waals surface area contributed by atoms with Gasteiger partial charge in [0.1, 0.15) is 34.5 Å². The van der Waals surface area contributed by atoms with Gasteiger partial charge in [-0.15, -0.1) is 0 Å². The van der Waals surface area contributed by atoms with E-state index in [4.69, 9.17) is 4.74 Å². The van der Waals surface area contributed by atoms with Crippen LogP contribution >= 0.6 is 0 Å². The van der Waals surface area contributed by atoms with E-state index in [0.717, 1.165) is 13.2 Å². The predicted molar refractivity (Wildman–Crippen MR) is 324 cm³/mol. The average Bonchev–Trinajstić information content (AvgIpc) is 1.64. The third-order valence-electron chi connectivity index (χ3n) is 16.2. The molecule has 6 aromatic heterocycles. The topological polar surface area (TPSA) is 176 Å². The van der Waals surface area contributed by atoms with Crippen LogP contribution in [0.15, 0.2) is 0 Å². The summed E-state index contributed by atoms with van der Waals surface area (Å²) in [7, 11) is 0. The minimum Gasteiger partial charge on any atom is -0.573 e. The van der Waals surface area contributed by atoms with Crippen LogP contribution in [0.4, 0.5) is 237 Å². The van der Waals surface area contributed by atoms with Crippen molar-refractivity contribution in [3.8, 4) is 0 Å². The maximum Gasteiger partial charge on any atom is 1.00 e. The van der Waals surface area contributed by atoms with E-state index in [0.29, 0.717) is 0 Å². The molecule has 73 heteroatoms. The standard InChI is InChI=1S/6C9F9N2.C6H15N.C4H10O.5Cu/c6*10-2-1-6(5(13)4(12)3(2)11)19-20-7(1)8(14,15)9(16,17)18;1-4-7(5-2)6-3;1-3-5-4-2;;;;;/h;;;;;;4-6H2,1-3H3;3-4H2,1-2H3;;;;;/q6*-1;;;5*+1/p+1. The number of alkyl halides is 30. The minimum absolute atomic E-state index is 0. The van der Waals surface area contributed by atoms with Crippen LogP contribution in [0.3, 0.4) is 0 Å². The van der Waals surface area contributed by atoms with Crippen LogP contribution in [0.5, 0.6) is 0 Å². The van der Waals surface area contributed by atoms with Crippen molar-refractivity contribution in [3.63, 3.8) is 0 Å². The summed E-state index contributed by atoms with van der Waals surface area (Å²) >= 11 is 0. The van der Waals surface area contributed by atoms with Crippen LogP contribution in [0.25, 0.3) is 65.4 Å².